The number of aryl methyl sites for hydroxylation is 1. The van der Waals surface area contributed by atoms with Gasteiger partial charge in [0.15, 0.2) is 5.78 Å². The Labute approximate surface area is 373 Å². The van der Waals surface area contributed by atoms with Crippen LogP contribution in [-0.2, 0) is 60.6 Å². The molecule has 5 atom stereocenters. The molecule has 0 aromatic heterocycles. The highest BCUT2D eigenvalue weighted by molar-refractivity contribution is 7.86. The van der Waals surface area contributed by atoms with Gasteiger partial charge in [-0.3, -0.25) is 33.1 Å². The standard InChI is InChI=1S/C46H67N5O11S/c1-7-23-60-24-14-27-63(58,59)62-32-46(6,57)42(53)38(28-33(2)3)48-45(56)40(30-36-17-12-9-13-18-36)50-44(55)39(29-34(4)5)49-43(54)37(20-19-35-15-10-8-11-16-35)47-41(52)31-51-21-25-61-26-22-51/h1,8-13,15-18,33-34,37-40,57H,14,19-32H2,2-6H3,(H,47,52)(H,48,56)(H,49,54)(H,50,55)/t37-,38?,39?,40-,46?/m0/s1. The van der Waals surface area contributed by atoms with E-state index in [0.717, 1.165) is 12.5 Å². The summed E-state index contributed by atoms with van der Waals surface area (Å²) in [4.78, 5) is 71.7. The van der Waals surface area contributed by atoms with Crippen LogP contribution in [0.2, 0.25) is 0 Å². The molecule has 0 radical (unpaired) electrons. The van der Waals surface area contributed by atoms with Crippen LogP contribution in [0.1, 0.15) is 71.4 Å². The number of amides is 4. The Bertz CT molecular complexity index is 1900. The molecule has 0 aliphatic carbocycles. The SMILES string of the molecule is C#CCOCCCS(=O)(=O)OCC(C)(O)C(=O)C(CC(C)C)NC(=O)[C@H](Cc1ccccc1)NC(=O)C(CC(C)C)NC(=O)[C@H](CCc1ccccc1)NC(=O)CN1CCOCC1. The molecule has 3 unspecified atom stereocenters. The molecule has 63 heavy (non-hydrogen) atoms. The van der Waals surface area contributed by atoms with Crippen LogP contribution in [0.3, 0.4) is 0 Å². The van der Waals surface area contributed by atoms with Crippen LogP contribution in [0.15, 0.2) is 60.7 Å². The quantitative estimate of drug-likeness (QED) is 0.0471. The van der Waals surface area contributed by atoms with Gasteiger partial charge < -0.3 is 35.8 Å². The second-order valence-electron chi connectivity index (χ2n) is 16.9. The summed E-state index contributed by atoms with van der Waals surface area (Å²) in [5, 5.41) is 22.5. The van der Waals surface area contributed by atoms with E-state index < -0.39 is 75.8 Å². The maximum absolute atomic E-state index is 14.3. The van der Waals surface area contributed by atoms with E-state index in [1.807, 2.05) is 62.9 Å². The van der Waals surface area contributed by atoms with Crippen molar-refractivity contribution in [3.63, 3.8) is 0 Å². The smallest absolute Gasteiger partial charge is 0.267 e. The lowest BCUT2D eigenvalue weighted by molar-refractivity contribution is -0.143. The molecule has 3 rings (SSSR count). The minimum absolute atomic E-state index is 0.00342. The molecule has 16 nitrogen and oxygen atoms in total. The molecule has 1 heterocycles. The number of carbonyl (C=O) groups is 5. The Morgan fingerprint density at radius 3 is 1.95 bits per heavy atom. The molecular weight excluding hydrogens is 831 g/mol. The third kappa shape index (κ3) is 20.1. The number of hydrogen-bond acceptors (Lipinski definition) is 12. The van der Waals surface area contributed by atoms with E-state index in [1.165, 1.54) is 0 Å². The Balaban J connectivity index is 1.82. The predicted molar refractivity (Wildman–Crippen MR) is 238 cm³/mol. The van der Waals surface area contributed by atoms with Crippen molar-refractivity contribution in [2.24, 2.45) is 11.8 Å². The Morgan fingerprint density at radius 1 is 0.810 bits per heavy atom. The molecule has 1 aliphatic rings. The van der Waals surface area contributed by atoms with E-state index in [0.29, 0.717) is 38.3 Å². The van der Waals surface area contributed by atoms with Crippen molar-refractivity contribution in [3.05, 3.63) is 71.8 Å². The number of aliphatic hydroxyl groups is 1. The van der Waals surface area contributed by atoms with Crippen molar-refractivity contribution in [1.29, 1.82) is 0 Å². The summed E-state index contributed by atoms with van der Waals surface area (Å²) in [6.45, 7) is 9.94. The molecule has 1 aliphatic heterocycles. The van der Waals surface area contributed by atoms with Gasteiger partial charge in [0.05, 0.1) is 31.6 Å². The van der Waals surface area contributed by atoms with Crippen LogP contribution in [-0.4, -0.2) is 136 Å². The summed E-state index contributed by atoms with van der Waals surface area (Å²) in [6, 6.07) is 13.8. The van der Waals surface area contributed by atoms with Crippen molar-refractivity contribution < 1.29 is 51.2 Å². The van der Waals surface area contributed by atoms with Gasteiger partial charge in [0.2, 0.25) is 23.6 Å². The Morgan fingerprint density at radius 2 is 1.35 bits per heavy atom. The lowest BCUT2D eigenvalue weighted by Crippen LogP contribution is -2.60. The third-order valence-corrected chi connectivity index (χ3v) is 11.5. The molecule has 1 fully saturated rings. The third-order valence-electron chi connectivity index (χ3n) is 10.2. The fourth-order valence-electron chi connectivity index (χ4n) is 6.89. The fraction of sp³-hybridized carbons (Fsp3) is 0.587. The Hall–Kier alpha value is -4.70. The molecule has 5 N–H and O–H groups in total. The molecule has 2 aromatic rings. The van der Waals surface area contributed by atoms with E-state index in [-0.39, 0.29) is 69.6 Å². The zero-order chi connectivity index (χ0) is 46.4. The van der Waals surface area contributed by atoms with E-state index in [4.69, 9.17) is 20.1 Å². The predicted octanol–water partition coefficient (Wildman–Crippen LogP) is 1.93. The number of Topliss-reactive ketones (excluding diaryl/α,β-unsaturated/α-hetero) is 1. The first kappa shape index (κ1) is 52.6. The molecule has 0 spiro atoms. The van der Waals surface area contributed by atoms with E-state index in [1.54, 1.807) is 30.3 Å². The van der Waals surface area contributed by atoms with Crippen LogP contribution >= 0.6 is 0 Å². The Kier molecular flexibility index (Phi) is 22.4. The van der Waals surface area contributed by atoms with Crippen LogP contribution in [0.5, 0.6) is 0 Å². The van der Waals surface area contributed by atoms with E-state index in [9.17, 15) is 37.5 Å². The van der Waals surface area contributed by atoms with Crippen LogP contribution in [0.4, 0.5) is 0 Å². The topological polar surface area (TPSA) is 219 Å². The largest absolute Gasteiger partial charge is 0.380 e. The first-order chi connectivity index (χ1) is 29.9. The second-order valence-corrected chi connectivity index (χ2v) is 18.7. The summed E-state index contributed by atoms with van der Waals surface area (Å²) in [6.07, 6.45) is 6.21. The van der Waals surface area contributed by atoms with Crippen LogP contribution in [0, 0.1) is 24.2 Å². The number of ether oxygens (including phenoxy) is 2. The summed E-state index contributed by atoms with van der Waals surface area (Å²) < 4.78 is 40.7. The van der Waals surface area contributed by atoms with E-state index >= 15 is 0 Å². The van der Waals surface area contributed by atoms with E-state index in [2.05, 4.69) is 27.2 Å². The molecule has 4 amide bonds. The molecule has 17 heteroatoms. The summed E-state index contributed by atoms with van der Waals surface area (Å²) in [7, 11) is -4.16. The van der Waals surface area contributed by atoms with Crippen molar-refractivity contribution in [2.45, 2.75) is 103 Å². The molecular formula is C46H67N5O11S. The minimum atomic E-state index is -4.16. The number of rotatable bonds is 28. The monoisotopic (exact) mass is 897 g/mol. The van der Waals surface area contributed by atoms with Gasteiger partial charge in [-0.05, 0) is 62.0 Å². The highest BCUT2D eigenvalue weighted by atomic mass is 32.2. The molecule has 0 bridgehead atoms. The van der Waals surface area contributed by atoms with Gasteiger partial charge in [-0.2, -0.15) is 8.42 Å². The maximum atomic E-state index is 14.3. The zero-order valence-corrected chi connectivity index (χ0v) is 38.1. The number of hydrogen-bond donors (Lipinski definition) is 5. The summed E-state index contributed by atoms with van der Waals surface area (Å²) in [5.41, 5.74) is -0.677. The van der Waals surface area contributed by atoms with Crippen LogP contribution < -0.4 is 21.3 Å². The number of benzene rings is 2. The number of carbonyl (C=O) groups excluding carboxylic acids is 5. The number of nitrogens with zero attached hydrogens (tertiary/aromatic N) is 1. The zero-order valence-electron chi connectivity index (χ0n) is 37.3. The van der Waals surface area contributed by atoms with Gasteiger partial charge in [-0.25, -0.2) is 0 Å². The minimum Gasteiger partial charge on any atom is -0.380 e. The normalized spacial score (nSPS) is 16.2. The first-order valence-electron chi connectivity index (χ1n) is 21.6. The van der Waals surface area contributed by atoms with Gasteiger partial charge in [0.25, 0.3) is 10.1 Å². The summed E-state index contributed by atoms with van der Waals surface area (Å²) >= 11 is 0. The summed E-state index contributed by atoms with van der Waals surface area (Å²) in [5.74, 6) is -1.59. The van der Waals surface area contributed by atoms with Gasteiger partial charge in [-0.15, -0.1) is 6.42 Å². The lowest BCUT2D eigenvalue weighted by atomic mass is 9.90. The fourth-order valence-corrected chi connectivity index (χ4v) is 7.89. The average molecular weight is 898 g/mol. The first-order valence-corrected chi connectivity index (χ1v) is 23.2. The average Bonchev–Trinajstić information content (AvgIpc) is 3.24. The number of morpholine rings is 1. The van der Waals surface area contributed by atoms with Crippen molar-refractivity contribution in [3.8, 4) is 12.3 Å². The highest BCUT2D eigenvalue weighted by Gasteiger charge is 2.40. The van der Waals surface area contributed by atoms with Gasteiger partial charge in [0.1, 0.15) is 36.9 Å². The lowest BCUT2D eigenvalue weighted by Gasteiger charge is -2.30. The number of ketones is 1. The molecule has 2 aromatic carbocycles. The van der Waals surface area contributed by atoms with Crippen molar-refractivity contribution in [1.82, 2.24) is 26.2 Å². The highest BCUT2D eigenvalue weighted by Crippen LogP contribution is 2.18. The van der Waals surface area contributed by atoms with Gasteiger partial charge in [0, 0.05) is 26.1 Å². The van der Waals surface area contributed by atoms with Gasteiger partial charge in [-0.1, -0.05) is 94.3 Å². The maximum Gasteiger partial charge on any atom is 0.267 e. The molecule has 0 saturated carbocycles. The molecule has 1 saturated heterocycles. The number of terminal acetylenes is 1. The van der Waals surface area contributed by atoms with Crippen molar-refractivity contribution >= 4 is 39.5 Å². The van der Waals surface area contributed by atoms with Crippen molar-refractivity contribution in [2.75, 3.05) is 58.4 Å². The second kappa shape index (κ2) is 26.8. The van der Waals surface area contributed by atoms with Crippen LogP contribution in [0.25, 0.3) is 0 Å². The number of nitrogens with one attached hydrogen (secondary N) is 4. The molecule has 348 valence electrons. The van der Waals surface area contributed by atoms with Gasteiger partial charge >= 0.3 is 0 Å².